The fourth-order valence-corrected chi connectivity index (χ4v) is 10.9. The number of ether oxygens (including phenoxy) is 6. The number of fused-ring (bicyclic) bond motifs is 5. The lowest BCUT2D eigenvalue weighted by atomic mass is 9.45. The molecule has 49 heavy (non-hydrogen) atoms. The molecule has 4 aliphatic carbocycles. The topological polar surface area (TPSA) is 194 Å². The predicted molar refractivity (Wildman–Crippen MR) is 173 cm³/mol. The highest BCUT2D eigenvalue weighted by molar-refractivity contribution is 5.66. The molecule has 18 atom stereocenters. The first kappa shape index (κ1) is 37.5. The highest BCUT2D eigenvalue weighted by Crippen LogP contribution is 2.68. The zero-order valence-corrected chi connectivity index (χ0v) is 29.6. The highest BCUT2D eigenvalue weighted by Gasteiger charge is 2.67. The van der Waals surface area contributed by atoms with Crippen molar-refractivity contribution in [3.63, 3.8) is 0 Å². The Hall–Kier alpha value is -1.23. The van der Waals surface area contributed by atoms with E-state index in [-0.39, 0.29) is 40.8 Å². The van der Waals surface area contributed by atoms with Gasteiger partial charge in [-0.05, 0) is 82.5 Å². The van der Waals surface area contributed by atoms with E-state index in [9.17, 15) is 35.4 Å². The molecule has 2 saturated heterocycles. The van der Waals surface area contributed by atoms with E-state index in [1.165, 1.54) is 19.6 Å². The van der Waals surface area contributed by atoms with Crippen molar-refractivity contribution in [2.75, 3.05) is 13.7 Å². The third-order valence-corrected chi connectivity index (χ3v) is 13.7. The van der Waals surface area contributed by atoms with Crippen LogP contribution in [0.2, 0.25) is 0 Å². The molecule has 13 nitrogen and oxygen atoms in total. The molecule has 6 aliphatic rings. The quantitative estimate of drug-likeness (QED) is 0.157. The van der Waals surface area contributed by atoms with Crippen LogP contribution >= 0.6 is 0 Å². The van der Waals surface area contributed by atoms with Gasteiger partial charge in [0.1, 0.15) is 48.8 Å². The number of carbonyl (C=O) groups is 1. The van der Waals surface area contributed by atoms with E-state index in [1.54, 1.807) is 6.92 Å². The number of esters is 1. The molecule has 6 rings (SSSR count). The molecule has 13 heteroatoms. The molecule has 2 heterocycles. The zero-order chi connectivity index (χ0) is 35.6. The second-order valence-electron chi connectivity index (χ2n) is 16.1. The van der Waals surface area contributed by atoms with Crippen LogP contribution in [0.3, 0.4) is 0 Å². The number of rotatable bonds is 8. The minimum absolute atomic E-state index is 0.0852. The third kappa shape index (κ3) is 6.22. The van der Waals surface area contributed by atoms with E-state index in [1.807, 2.05) is 6.92 Å². The number of carbonyl (C=O) groups excluding carboxylic acids is 1. The lowest BCUT2D eigenvalue weighted by molar-refractivity contribution is -0.361. The first-order chi connectivity index (χ1) is 23.1. The summed E-state index contributed by atoms with van der Waals surface area (Å²) < 4.78 is 35.4. The molecule has 0 aromatic heterocycles. The summed E-state index contributed by atoms with van der Waals surface area (Å²) in [5.41, 5.74) is 0.0920. The largest absolute Gasteiger partial charge is 0.463 e. The second kappa shape index (κ2) is 14.0. The van der Waals surface area contributed by atoms with Crippen molar-refractivity contribution in [1.82, 2.24) is 0 Å². The van der Waals surface area contributed by atoms with Crippen LogP contribution in [0.5, 0.6) is 0 Å². The van der Waals surface area contributed by atoms with Gasteiger partial charge in [0.25, 0.3) is 0 Å². The maximum atomic E-state index is 12.5. The molecule has 0 unspecified atom stereocenters. The summed E-state index contributed by atoms with van der Waals surface area (Å²) >= 11 is 0. The van der Waals surface area contributed by atoms with Crippen LogP contribution in [-0.2, 0) is 33.2 Å². The lowest BCUT2D eigenvalue weighted by Gasteiger charge is -2.61. The van der Waals surface area contributed by atoms with Gasteiger partial charge in [0.15, 0.2) is 12.6 Å². The molecule has 0 spiro atoms. The van der Waals surface area contributed by atoms with Gasteiger partial charge in [-0.2, -0.15) is 0 Å². The van der Waals surface area contributed by atoms with Gasteiger partial charge in [0, 0.05) is 25.4 Å². The smallest absolute Gasteiger partial charge is 0.302 e. The molecule has 2 aliphatic heterocycles. The van der Waals surface area contributed by atoms with Crippen LogP contribution in [0.15, 0.2) is 11.6 Å². The van der Waals surface area contributed by atoms with Crippen molar-refractivity contribution in [1.29, 1.82) is 0 Å². The van der Waals surface area contributed by atoms with Gasteiger partial charge in [0.2, 0.25) is 0 Å². The maximum absolute atomic E-state index is 12.5. The van der Waals surface area contributed by atoms with Gasteiger partial charge in [-0.3, -0.25) is 4.79 Å². The van der Waals surface area contributed by atoms with E-state index in [4.69, 9.17) is 28.4 Å². The Bertz CT molecular complexity index is 1230. The Morgan fingerprint density at radius 1 is 0.939 bits per heavy atom. The Labute approximate surface area is 288 Å². The van der Waals surface area contributed by atoms with Gasteiger partial charge < -0.3 is 59.1 Å². The summed E-state index contributed by atoms with van der Waals surface area (Å²) in [7, 11) is 1.43. The summed E-state index contributed by atoms with van der Waals surface area (Å²) in [6.45, 7) is 9.09. The van der Waals surface area contributed by atoms with Gasteiger partial charge in [0.05, 0.1) is 24.4 Å². The van der Waals surface area contributed by atoms with Crippen LogP contribution in [-0.4, -0.2) is 130 Å². The summed E-state index contributed by atoms with van der Waals surface area (Å²) in [5.74, 6) is 0.284. The molecule has 0 bridgehead atoms. The second-order valence-corrected chi connectivity index (χ2v) is 16.1. The Balaban J connectivity index is 1.11. The number of aliphatic hydroxyl groups is 6. The average Bonchev–Trinajstić information content (AvgIpc) is 3.34. The molecule has 3 saturated carbocycles. The maximum Gasteiger partial charge on any atom is 0.302 e. The van der Waals surface area contributed by atoms with E-state index >= 15 is 0 Å². The molecule has 0 aromatic rings. The van der Waals surface area contributed by atoms with Crippen LogP contribution < -0.4 is 0 Å². The Morgan fingerprint density at radius 2 is 1.65 bits per heavy atom. The first-order valence-corrected chi connectivity index (χ1v) is 18.2. The minimum Gasteiger partial charge on any atom is -0.463 e. The van der Waals surface area contributed by atoms with Gasteiger partial charge in [-0.25, -0.2) is 0 Å². The van der Waals surface area contributed by atoms with Gasteiger partial charge in [-0.1, -0.05) is 25.5 Å². The summed E-state index contributed by atoms with van der Waals surface area (Å²) in [5, 5.41) is 64.2. The van der Waals surface area contributed by atoms with E-state index < -0.39 is 73.6 Å². The normalized spacial score (nSPS) is 52.0. The summed E-state index contributed by atoms with van der Waals surface area (Å²) in [6, 6.07) is 0. The van der Waals surface area contributed by atoms with E-state index in [0.29, 0.717) is 18.8 Å². The third-order valence-electron chi connectivity index (χ3n) is 13.7. The van der Waals surface area contributed by atoms with Crippen molar-refractivity contribution >= 4 is 5.97 Å². The number of allylic oxidation sites excluding steroid dienone is 1. The fraction of sp³-hybridized carbons (Fsp3) is 0.917. The minimum atomic E-state index is -1.61. The van der Waals surface area contributed by atoms with Gasteiger partial charge in [-0.15, -0.1) is 0 Å². The van der Waals surface area contributed by atoms with Crippen LogP contribution in [0.25, 0.3) is 0 Å². The average molecular weight is 699 g/mol. The standard InChI is InChI=1S/C36H58O13/c1-17(45-19(3)38)22-11-14-36(43)24-8-7-20-15-21(9-12-34(20,4)23(24)10-13-35(22,36)5)47-33-29(42)31(44-6)30(18(2)46-33)49-32-28(41)27(40)26(39)25(16-37)48-32/h7,17-18,21-33,37,39-43H,8-16H2,1-6H3/t17-,18+,21-,22+,23-,24+,25+,26+,27-,28+,29+,30-,31+,32-,33-,34-,35+,36-/m0/s1. The molecule has 6 N–H and O–H groups in total. The number of aliphatic hydroxyl groups excluding tert-OH is 5. The van der Waals surface area contributed by atoms with Crippen LogP contribution in [0.1, 0.15) is 86.0 Å². The monoisotopic (exact) mass is 698 g/mol. The predicted octanol–water partition coefficient (Wildman–Crippen LogP) is 1.32. The molecule has 0 amide bonds. The van der Waals surface area contributed by atoms with Crippen LogP contribution in [0, 0.1) is 28.6 Å². The van der Waals surface area contributed by atoms with Crippen molar-refractivity contribution < 1.29 is 63.9 Å². The molecule has 0 radical (unpaired) electrons. The molecular formula is C36H58O13. The molecule has 0 aromatic carbocycles. The fourth-order valence-electron chi connectivity index (χ4n) is 10.9. The summed E-state index contributed by atoms with van der Waals surface area (Å²) in [4.78, 5) is 11.8. The van der Waals surface area contributed by atoms with Crippen LogP contribution in [0.4, 0.5) is 0 Å². The van der Waals surface area contributed by atoms with Crippen molar-refractivity contribution in [3.8, 4) is 0 Å². The first-order valence-electron chi connectivity index (χ1n) is 18.2. The molecule has 5 fully saturated rings. The summed E-state index contributed by atoms with van der Waals surface area (Å²) in [6.07, 6.45) is -3.67. The number of hydrogen-bond donors (Lipinski definition) is 6. The number of hydrogen-bond acceptors (Lipinski definition) is 13. The lowest BCUT2D eigenvalue weighted by Crippen LogP contribution is -2.64. The van der Waals surface area contributed by atoms with Crippen molar-refractivity contribution in [2.24, 2.45) is 28.6 Å². The molecular weight excluding hydrogens is 640 g/mol. The van der Waals surface area contributed by atoms with Gasteiger partial charge >= 0.3 is 5.97 Å². The highest BCUT2D eigenvalue weighted by atomic mass is 16.7. The Morgan fingerprint density at radius 3 is 2.33 bits per heavy atom. The van der Waals surface area contributed by atoms with Crippen molar-refractivity contribution in [3.05, 3.63) is 11.6 Å². The molecule has 280 valence electrons. The van der Waals surface area contributed by atoms with E-state index in [0.717, 1.165) is 38.5 Å². The number of methoxy groups -OCH3 is 1. The van der Waals surface area contributed by atoms with E-state index in [2.05, 4.69) is 19.9 Å². The Kier molecular flexibility index (Phi) is 10.7. The van der Waals surface area contributed by atoms with Crippen molar-refractivity contribution in [2.45, 2.75) is 165 Å². The SMILES string of the molecule is CO[C@@H]1[C@@H](O)[C@H](O[C@H]2CC[C@@]3(C)C(=CC[C@@H]4[C@@H]3CC[C@]3(C)[C@@H]([C@H](C)OC(C)=O)CC[C@]43O)C2)O[C@H](C)[C@@H]1O[C@@H]1O[C@H](CO)[C@@H](O)[C@H](O)[C@H]1O. The zero-order valence-electron chi connectivity index (χ0n) is 29.6.